The molecule has 0 aliphatic heterocycles. The van der Waals surface area contributed by atoms with Gasteiger partial charge in [0.25, 0.3) is 0 Å². The zero-order valence-electron chi connectivity index (χ0n) is 17.1. The number of benzene rings is 1. The number of carbonyl (C=O) groups is 1. The molecular formula is C21H27N3O5S2. The number of aliphatic hydroxyl groups is 2. The minimum Gasteiger partial charge on any atom is -0.394 e. The molecule has 5 N–H and O–H groups in total. The second kappa shape index (κ2) is 9.35. The van der Waals surface area contributed by atoms with Crippen molar-refractivity contribution in [1.29, 1.82) is 0 Å². The monoisotopic (exact) mass is 465 g/mol. The summed E-state index contributed by atoms with van der Waals surface area (Å²) in [4.78, 5) is 13.2. The quantitative estimate of drug-likeness (QED) is 0.467. The van der Waals surface area contributed by atoms with Gasteiger partial charge in [-0.3, -0.25) is 0 Å². The third kappa shape index (κ3) is 4.84. The van der Waals surface area contributed by atoms with Gasteiger partial charge in [-0.25, -0.2) is 14.1 Å². The first-order valence-corrected chi connectivity index (χ1v) is 12.8. The summed E-state index contributed by atoms with van der Waals surface area (Å²) in [5.74, 6) is 0. The molecule has 4 rings (SSSR count). The third-order valence-electron chi connectivity index (χ3n) is 5.65. The van der Waals surface area contributed by atoms with E-state index in [1.165, 1.54) is 17.2 Å². The van der Waals surface area contributed by atoms with Gasteiger partial charge in [-0.15, -0.1) is 15.7 Å². The summed E-state index contributed by atoms with van der Waals surface area (Å²) < 4.78 is 22.1. The van der Waals surface area contributed by atoms with Crippen LogP contribution in [0.15, 0.2) is 26.8 Å². The number of carbonyl (C=O) groups excluding carboxylic acids is 1. The highest BCUT2D eigenvalue weighted by molar-refractivity contribution is 7.93. The Morgan fingerprint density at radius 2 is 1.90 bits per heavy atom. The molecule has 0 radical (unpaired) electrons. The van der Waals surface area contributed by atoms with Crippen molar-refractivity contribution in [3.05, 3.63) is 45.3 Å². The molecule has 0 saturated heterocycles. The molecule has 31 heavy (non-hydrogen) atoms. The van der Waals surface area contributed by atoms with E-state index in [0.717, 1.165) is 66.7 Å². The number of thiophene rings is 1. The van der Waals surface area contributed by atoms with E-state index >= 15 is 0 Å². The lowest BCUT2D eigenvalue weighted by Crippen LogP contribution is -2.18. The molecule has 8 nitrogen and oxygen atoms in total. The zero-order valence-corrected chi connectivity index (χ0v) is 18.8. The van der Waals surface area contributed by atoms with E-state index < -0.39 is 22.1 Å². The Balaban J connectivity index is 1.53. The molecule has 0 fully saturated rings. The summed E-state index contributed by atoms with van der Waals surface area (Å²) in [6, 6.07) is 4.64. The van der Waals surface area contributed by atoms with Gasteiger partial charge in [-0.05, 0) is 72.9 Å². The van der Waals surface area contributed by atoms with Crippen LogP contribution in [0.5, 0.6) is 0 Å². The summed E-state index contributed by atoms with van der Waals surface area (Å²) in [6.07, 6.45) is 5.05. The van der Waals surface area contributed by atoms with Crippen LogP contribution in [-0.2, 0) is 40.3 Å². The average Bonchev–Trinajstić information content (AvgIpc) is 3.47. The van der Waals surface area contributed by atoms with Crippen molar-refractivity contribution >= 4 is 33.0 Å². The van der Waals surface area contributed by atoms with Crippen molar-refractivity contribution in [2.75, 3.05) is 25.1 Å². The van der Waals surface area contributed by atoms with Gasteiger partial charge >= 0.3 is 6.03 Å². The maximum atomic E-state index is 13.0. The zero-order chi connectivity index (χ0) is 22.0. The van der Waals surface area contributed by atoms with Crippen molar-refractivity contribution in [3.8, 4) is 0 Å². The maximum absolute atomic E-state index is 13.0. The Morgan fingerprint density at radius 3 is 2.55 bits per heavy atom. The first kappa shape index (κ1) is 22.4. The summed E-state index contributed by atoms with van der Waals surface area (Å²) in [5.41, 5.74) is 5.72. The predicted octanol–water partition coefficient (Wildman–Crippen LogP) is 2.70. The van der Waals surface area contributed by atoms with E-state index in [1.54, 1.807) is 6.07 Å². The molecule has 0 saturated carbocycles. The summed E-state index contributed by atoms with van der Waals surface area (Å²) in [7, 11) is -3.46. The minimum atomic E-state index is -3.46. The smallest absolute Gasteiger partial charge is 0.354 e. The molecule has 2 aromatic rings. The second-order valence-electron chi connectivity index (χ2n) is 7.80. The molecule has 10 heteroatoms. The number of fused-ring (bicyclic) bond motifs is 2. The summed E-state index contributed by atoms with van der Waals surface area (Å²) in [5, 5.41) is 27.7. The van der Waals surface area contributed by atoms with E-state index in [4.69, 9.17) is 15.0 Å². The Hall–Kier alpha value is -1.82. The van der Waals surface area contributed by atoms with E-state index in [0.29, 0.717) is 4.88 Å². The van der Waals surface area contributed by atoms with Crippen LogP contribution in [0.1, 0.15) is 46.1 Å². The Labute approximate surface area is 185 Å². The van der Waals surface area contributed by atoms with E-state index in [-0.39, 0.29) is 24.0 Å². The van der Waals surface area contributed by atoms with Crippen LogP contribution in [0.25, 0.3) is 0 Å². The van der Waals surface area contributed by atoms with Crippen LogP contribution in [0.2, 0.25) is 0 Å². The average molecular weight is 466 g/mol. The highest BCUT2D eigenvalue weighted by atomic mass is 32.2. The fourth-order valence-electron chi connectivity index (χ4n) is 4.28. The van der Waals surface area contributed by atoms with Gasteiger partial charge < -0.3 is 20.3 Å². The summed E-state index contributed by atoms with van der Waals surface area (Å²) in [6.45, 7) is -0.0275. The molecule has 1 heterocycles. The number of ether oxygens (including phenoxy) is 1. The van der Waals surface area contributed by atoms with Gasteiger partial charge in [0, 0.05) is 10.6 Å². The molecule has 1 unspecified atom stereocenters. The molecule has 1 aromatic carbocycles. The van der Waals surface area contributed by atoms with Gasteiger partial charge in [0.15, 0.2) is 9.92 Å². The SMILES string of the molecule is NS(=O)(=NC(=O)Nc1c2c(cc3c1CCC3)CCC2)c1ccc([C@@H](O)COCCO)s1. The van der Waals surface area contributed by atoms with Crippen molar-refractivity contribution < 1.29 is 24.0 Å². The van der Waals surface area contributed by atoms with Crippen LogP contribution >= 0.6 is 11.3 Å². The second-order valence-corrected chi connectivity index (χ2v) is 10.9. The first-order chi connectivity index (χ1) is 14.9. The number of aliphatic hydroxyl groups excluding tert-OH is 2. The number of anilines is 1. The van der Waals surface area contributed by atoms with Gasteiger partial charge in [0.05, 0.1) is 19.8 Å². The third-order valence-corrected chi connectivity index (χ3v) is 8.75. The Kier molecular flexibility index (Phi) is 6.75. The number of nitrogens with two attached hydrogens (primary N) is 1. The van der Waals surface area contributed by atoms with E-state index in [9.17, 15) is 14.1 Å². The molecule has 0 spiro atoms. The number of nitrogens with zero attached hydrogens (tertiary/aromatic N) is 1. The van der Waals surface area contributed by atoms with Gasteiger partial charge in [-0.2, -0.15) is 0 Å². The standard InChI is InChI=1S/C21H27N3O5S2/c22-31(28,19-8-7-18(30-19)17(26)12-29-10-9-25)24-21(27)23-20-15-5-1-3-13(15)11-14-4-2-6-16(14)20/h7-8,11,17,25-26H,1-6,9-10,12H2,(H3,22,23,24,27,28)/t17-,31?/m0/s1. The minimum absolute atomic E-state index is 0.00582. The van der Waals surface area contributed by atoms with Crippen molar-refractivity contribution in [1.82, 2.24) is 0 Å². The normalized spacial score (nSPS) is 17.6. The highest BCUT2D eigenvalue weighted by Gasteiger charge is 2.25. The van der Waals surface area contributed by atoms with Crippen LogP contribution in [0.3, 0.4) is 0 Å². The molecule has 1 aromatic heterocycles. The molecule has 168 valence electrons. The van der Waals surface area contributed by atoms with Crippen LogP contribution in [-0.4, -0.2) is 40.3 Å². The Bertz CT molecular complexity index is 1070. The van der Waals surface area contributed by atoms with Crippen LogP contribution < -0.4 is 10.5 Å². The molecular weight excluding hydrogens is 438 g/mol. The fraction of sp³-hybridized carbons (Fsp3) is 0.476. The van der Waals surface area contributed by atoms with E-state index in [2.05, 4.69) is 15.7 Å². The Morgan fingerprint density at radius 1 is 1.23 bits per heavy atom. The fourth-order valence-corrected chi connectivity index (χ4v) is 6.51. The number of amides is 2. The van der Waals surface area contributed by atoms with E-state index in [1.807, 2.05) is 0 Å². The number of hydrogen-bond donors (Lipinski definition) is 4. The maximum Gasteiger partial charge on any atom is 0.354 e. The molecule has 2 aliphatic carbocycles. The topological polar surface area (TPSA) is 134 Å². The van der Waals surface area contributed by atoms with Crippen molar-refractivity contribution in [2.45, 2.75) is 48.8 Å². The lowest BCUT2D eigenvalue weighted by molar-refractivity contribution is 0.0221. The first-order valence-electron chi connectivity index (χ1n) is 10.4. The van der Waals surface area contributed by atoms with Crippen molar-refractivity contribution in [3.63, 3.8) is 0 Å². The van der Waals surface area contributed by atoms with Gasteiger partial charge in [0.1, 0.15) is 10.3 Å². The number of aryl methyl sites for hydroxylation is 2. The summed E-state index contributed by atoms with van der Waals surface area (Å²) >= 11 is 1.03. The molecule has 2 amide bonds. The molecule has 0 bridgehead atoms. The highest BCUT2D eigenvalue weighted by Crippen LogP contribution is 2.38. The predicted molar refractivity (Wildman–Crippen MR) is 120 cm³/mol. The van der Waals surface area contributed by atoms with Crippen LogP contribution in [0.4, 0.5) is 10.5 Å². The molecule has 2 atom stereocenters. The largest absolute Gasteiger partial charge is 0.394 e. The van der Waals surface area contributed by atoms with Crippen molar-refractivity contribution in [2.24, 2.45) is 9.50 Å². The van der Waals surface area contributed by atoms with Crippen LogP contribution in [0, 0.1) is 0 Å². The lowest BCUT2D eigenvalue weighted by Gasteiger charge is -2.15. The van der Waals surface area contributed by atoms with Gasteiger partial charge in [0.2, 0.25) is 0 Å². The molecule has 2 aliphatic rings. The number of nitrogens with one attached hydrogen (secondary N) is 1. The number of rotatable bonds is 7. The number of urea groups is 1. The lowest BCUT2D eigenvalue weighted by atomic mass is 9.99. The van der Waals surface area contributed by atoms with Gasteiger partial charge in [-0.1, -0.05) is 6.07 Å². The number of hydrogen-bond acceptors (Lipinski definition) is 6.